The number of amides is 1. The zero-order chi connectivity index (χ0) is 22.8. The van der Waals surface area contributed by atoms with Gasteiger partial charge < -0.3 is 24.1 Å². The van der Waals surface area contributed by atoms with Gasteiger partial charge in [-0.1, -0.05) is 6.07 Å². The van der Waals surface area contributed by atoms with E-state index in [1.165, 1.54) is 14.0 Å². The number of methoxy groups -OCH3 is 3. The molecule has 1 amide bonds. The second kappa shape index (κ2) is 9.18. The van der Waals surface area contributed by atoms with E-state index in [4.69, 9.17) is 18.7 Å². The number of carbonyl (C=O) groups is 1. The molecular weight excluding hydrogens is 425 g/mol. The number of ether oxygens (including phenoxy) is 3. The lowest BCUT2D eigenvalue weighted by Gasteiger charge is -2.22. The third-order valence-corrected chi connectivity index (χ3v) is 6.01. The molecule has 2 atom stereocenters. The lowest BCUT2D eigenvalue weighted by molar-refractivity contribution is -0.119. The molecule has 31 heavy (non-hydrogen) atoms. The molecule has 0 aliphatic heterocycles. The van der Waals surface area contributed by atoms with Crippen molar-refractivity contribution in [3.63, 3.8) is 0 Å². The minimum Gasteiger partial charge on any atom is -0.493 e. The number of hydrogen-bond acceptors (Lipinski definition) is 7. The Kier molecular flexibility index (Phi) is 6.79. The van der Waals surface area contributed by atoms with E-state index in [0.717, 1.165) is 23.8 Å². The summed E-state index contributed by atoms with van der Waals surface area (Å²) in [6.07, 6.45) is 1.21. The smallest absolute Gasteiger partial charge is 0.493 e. The normalized spacial score (nSPS) is 16.8. The summed E-state index contributed by atoms with van der Waals surface area (Å²) in [6.45, 7) is 1.44. The van der Waals surface area contributed by atoms with E-state index >= 15 is 0 Å². The fourth-order valence-corrected chi connectivity index (χ4v) is 4.29. The number of carbonyl (C=O) groups excluding carboxylic acids is 1. The Bertz CT molecular complexity index is 1040. The monoisotopic (exact) mass is 451 g/mol. The predicted octanol–water partition coefficient (Wildman–Crippen LogP) is 3.63. The summed E-state index contributed by atoms with van der Waals surface area (Å²) < 4.78 is 38.3. The number of fused-ring (bicyclic) bond motifs is 3. The van der Waals surface area contributed by atoms with Gasteiger partial charge in [0.1, 0.15) is 5.75 Å². The van der Waals surface area contributed by atoms with E-state index in [0.29, 0.717) is 35.7 Å². The van der Waals surface area contributed by atoms with E-state index in [2.05, 4.69) is 9.84 Å². The molecule has 0 saturated heterocycles. The summed E-state index contributed by atoms with van der Waals surface area (Å²) in [7, 11) is 1.48. The van der Waals surface area contributed by atoms with Crippen LogP contribution in [0.5, 0.6) is 23.0 Å². The van der Waals surface area contributed by atoms with Crippen LogP contribution in [0.15, 0.2) is 24.3 Å². The van der Waals surface area contributed by atoms with Crippen molar-refractivity contribution >= 4 is 13.7 Å². The van der Waals surface area contributed by atoms with Crippen LogP contribution in [0.25, 0.3) is 11.1 Å². The van der Waals surface area contributed by atoms with Crippen molar-refractivity contribution < 1.29 is 37.5 Å². The minimum absolute atomic E-state index is 0.143. The Morgan fingerprint density at radius 3 is 2.39 bits per heavy atom. The molecule has 1 aliphatic carbocycles. The molecule has 9 nitrogen and oxygen atoms in total. The standard InChI is InChI=1S/C21H26NO8P/c1-12(23)22-17-9-6-13-10-18(26-2)20(27-3)21(28-4)19(13)15-8-7-14(11-16(15)17)30-31(24,25)29-5/h7-8,10-11,17H,6,9H2,1-5H3,(H,22,23)(H,24,25)/t17-/m0/s1. The van der Waals surface area contributed by atoms with Crippen molar-refractivity contribution in [3.05, 3.63) is 35.4 Å². The molecule has 10 heteroatoms. The van der Waals surface area contributed by atoms with Gasteiger partial charge in [-0.25, -0.2) is 4.57 Å². The van der Waals surface area contributed by atoms with Crippen LogP contribution in [0.1, 0.15) is 30.5 Å². The largest absolute Gasteiger partial charge is 0.527 e. The molecule has 2 aromatic rings. The van der Waals surface area contributed by atoms with Gasteiger partial charge in [-0.2, -0.15) is 0 Å². The summed E-state index contributed by atoms with van der Waals surface area (Å²) in [5.41, 5.74) is 3.25. The van der Waals surface area contributed by atoms with Gasteiger partial charge in [0.25, 0.3) is 0 Å². The average Bonchev–Trinajstić information content (AvgIpc) is 2.88. The molecule has 0 saturated carbocycles. The van der Waals surface area contributed by atoms with Crippen LogP contribution in [-0.2, 0) is 20.3 Å². The molecule has 2 N–H and O–H groups in total. The summed E-state index contributed by atoms with van der Waals surface area (Å²) in [6, 6.07) is 6.49. The Morgan fingerprint density at radius 1 is 1.10 bits per heavy atom. The molecule has 0 aromatic heterocycles. The highest BCUT2D eigenvalue weighted by Gasteiger charge is 2.30. The Hall–Kier alpha value is -2.74. The Balaban J connectivity index is 2.26. The fraction of sp³-hybridized carbons (Fsp3) is 0.381. The van der Waals surface area contributed by atoms with Gasteiger partial charge in [-0.15, -0.1) is 0 Å². The average molecular weight is 451 g/mol. The maximum atomic E-state index is 11.9. The van der Waals surface area contributed by atoms with Crippen molar-refractivity contribution in [1.29, 1.82) is 0 Å². The molecule has 0 heterocycles. The number of phosphoric acid groups is 1. The summed E-state index contributed by atoms with van der Waals surface area (Å²) in [4.78, 5) is 21.6. The molecule has 0 spiro atoms. The van der Waals surface area contributed by atoms with E-state index in [1.807, 2.05) is 6.07 Å². The van der Waals surface area contributed by atoms with Gasteiger partial charge in [-0.3, -0.25) is 14.2 Å². The zero-order valence-electron chi connectivity index (χ0n) is 18.1. The third kappa shape index (κ3) is 4.63. The maximum absolute atomic E-state index is 11.9. The number of aryl methyl sites for hydroxylation is 1. The van der Waals surface area contributed by atoms with Crippen molar-refractivity contribution in [2.45, 2.75) is 25.8 Å². The number of nitrogens with one attached hydrogen (secondary N) is 1. The highest BCUT2D eigenvalue weighted by molar-refractivity contribution is 7.47. The van der Waals surface area contributed by atoms with Crippen LogP contribution < -0.4 is 24.1 Å². The first-order valence-electron chi connectivity index (χ1n) is 9.56. The van der Waals surface area contributed by atoms with Crippen LogP contribution in [0.2, 0.25) is 0 Å². The second-order valence-electron chi connectivity index (χ2n) is 6.96. The van der Waals surface area contributed by atoms with E-state index in [1.54, 1.807) is 32.4 Å². The van der Waals surface area contributed by atoms with Crippen LogP contribution in [-0.4, -0.2) is 39.2 Å². The Morgan fingerprint density at radius 2 is 1.81 bits per heavy atom. The van der Waals surface area contributed by atoms with Gasteiger partial charge in [-0.05, 0) is 47.7 Å². The van der Waals surface area contributed by atoms with Crippen LogP contribution >= 0.6 is 7.82 Å². The first-order chi connectivity index (χ1) is 14.7. The molecule has 2 aromatic carbocycles. The van der Waals surface area contributed by atoms with Crippen LogP contribution in [0.4, 0.5) is 0 Å². The second-order valence-corrected chi connectivity index (χ2v) is 8.45. The number of rotatable bonds is 7. The SMILES string of the molecule is COc1cc2c(c(OC)c1OC)-c1ccc(OP(=O)(O)OC)cc1[C@@H](NC(C)=O)CC2. The summed E-state index contributed by atoms with van der Waals surface area (Å²) >= 11 is 0. The fourth-order valence-electron chi connectivity index (χ4n) is 3.83. The maximum Gasteiger partial charge on any atom is 0.527 e. The van der Waals surface area contributed by atoms with E-state index in [-0.39, 0.29) is 17.7 Å². The van der Waals surface area contributed by atoms with Gasteiger partial charge in [0.15, 0.2) is 11.5 Å². The molecule has 3 rings (SSSR count). The van der Waals surface area contributed by atoms with Crippen molar-refractivity contribution in [3.8, 4) is 34.1 Å². The van der Waals surface area contributed by atoms with Gasteiger partial charge in [0.05, 0.1) is 27.4 Å². The number of phosphoric ester groups is 1. The third-order valence-electron chi connectivity index (χ3n) is 5.11. The first-order valence-corrected chi connectivity index (χ1v) is 11.1. The highest BCUT2D eigenvalue weighted by atomic mass is 31.2. The molecule has 0 radical (unpaired) electrons. The minimum atomic E-state index is -4.24. The van der Waals surface area contributed by atoms with Gasteiger partial charge >= 0.3 is 7.82 Å². The molecule has 1 unspecified atom stereocenters. The zero-order valence-corrected chi connectivity index (χ0v) is 18.9. The van der Waals surface area contributed by atoms with Crippen molar-refractivity contribution in [2.75, 3.05) is 28.4 Å². The van der Waals surface area contributed by atoms with E-state index < -0.39 is 7.82 Å². The molecule has 0 fully saturated rings. The number of hydrogen-bond donors (Lipinski definition) is 2. The lowest BCUT2D eigenvalue weighted by Crippen LogP contribution is -2.26. The van der Waals surface area contributed by atoms with E-state index in [9.17, 15) is 14.3 Å². The van der Waals surface area contributed by atoms with Gasteiger partial charge in [0.2, 0.25) is 11.7 Å². The van der Waals surface area contributed by atoms with Crippen LogP contribution in [0.3, 0.4) is 0 Å². The summed E-state index contributed by atoms with van der Waals surface area (Å²) in [5.74, 6) is 1.44. The lowest BCUT2D eigenvalue weighted by atomic mass is 9.93. The van der Waals surface area contributed by atoms with Crippen molar-refractivity contribution in [1.82, 2.24) is 5.32 Å². The topological polar surface area (TPSA) is 113 Å². The molecule has 168 valence electrons. The predicted molar refractivity (Wildman–Crippen MR) is 114 cm³/mol. The number of benzene rings is 2. The van der Waals surface area contributed by atoms with Gasteiger partial charge in [0, 0.05) is 19.6 Å². The molecule has 1 aliphatic rings. The highest BCUT2D eigenvalue weighted by Crippen LogP contribution is 2.51. The summed E-state index contributed by atoms with van der Waals surface area (Å²) in [5, 5.41) is 2.95. The van der Waals surface area contributed by atoms with Crippen molar-refractivity contribution in [2.24, 2.45) is 0 Å². The quantitative estimate of drug-likeness (QED) is 0.614. The molecular formula is C21H26NO8P. The first kappa shape index (κ1) is 22.9. The van der Waals surface area contributed by atoms with Crippen LogP contribution in [0, 0.1) is 0 Å². The Labute approximate surface area is 180 Å². The molecule has 0 bridgehead atoms.